The molecule has 0 bridgehead atoms. The first kappa shape index (κ1) is 15.0. The summed E-state index contributed by atoms with van der Waals surface area (Å²) >= 11 is 1.74. The van der Waals surface area contributed by atoms with Crippen LogP contribution in [0.25, 0.3) is 0 Å². The summed E-state index contributed by atoms with van der Waals surface area (Å²) in [5.41, 5.74) is 1.43. The lowest BCUT2D eigenvalue weighted by Crippen LogP contribution is -2.41. The van der Waals surface area contributed by atoms with Crippen molar-refractivity contribution in [2.24, 2.45) is 0 Å². The number of hydrogen-bond acceptors (Lipinski definition) is 3. The molecular formula is C17H26N2OS. The number of nitrogens with zero attached hydrogens (tertiary/aromatic N) is 1. The van der Waals surface area contributed by atoms with E-state index in [1.54, 1.807) is 11.3 Å². The van der Waals surface area contributed by atoms with Crippen molar-refractivity contribution < 1.29 is 4.79 Å². The minimum atomic E-state index is 0.261. The Hall–Kier alpha value is -0.870. The highest BCUT2D eigenvalue weighted by Gasteiger charge is 2.25. The zero-order chi connectivity index (χ0) is 14.7. The van der Waals surface area contributed by atoms with Gasteiger partial charge in [0.15, 0.2) is 0 Å². The normalized spacial score (nSPS) is 20.7. The zero-order valence-electron chi connectivity index (χ0n) is 13.0. The molecule has 4 heteroatoms. The summed E-state index contributed by atoms with van der Waals surface area (Å²) in [4.78, 5) is 17.4. The van der Waals surface area contributed by atoms with Crippen molar-refractivity contribution in [3.63, 3.8) is 0 Å². The second-order valence-corrected chi connectivity index (χ2v) is 7.45. The smallest absolute Gasteiger partial charge is 0.263 e. The van der Waals surface area contributed by atoms with Gasteiger partial charge in [-0.15, -0.1) is 11.3 Å². The minimum Gasteiger partial charge on any atom is -0.336 e. The molecule has 1 N–H and O–H groups in total. The van der Waals surface area contributed by atoms with Crippen molar-refractivity contribution in [3.05, 3.63) is 21.4 Å². The monoisotopic (exact) mass is 306 g/mol. The maximum absolute atomic E-state index is 12.9. The van der Waals surface area contributed by atoms with E-state index in [9.17, 15) is 4.79 Å². The highest BCUT2D eigenvalue weighted by molar-refractivity contribution is 7.14. The summed E-state index contributed by atoms with van der Waals surface area (Å²) in [5.74, 6) is 0.261. The molecule has 1 unspecified atom stereocenters. The first-order valence-corrected chi connectivity index (χ1v) is 9.24. The van der Waals surface area contributed by atoms with E-state index in [0.717, 1.165) is 43.8 Å². The van der Waals surface area contributed by atoms with Crippen molar-refractivity contribution in [2.45, 2.75) is 57.9 Å². The largest absolute Gasteiger partial charge is 0.336 e. The summed E-state index contributed by atoms with van der Waals surface area (Å²) in [6, 6.07) is 2.66. The summed E-state index contributed by atoms with van der Waals surface area (Å²) in [7, 11) is 0. The fourth-order valence-corrected chi connectivity index (χ4v) is 4.62. The molecule has 1 aromatic rings. The first-order chi connectivity index (χ1) is 10.3. The molecule has 3 rings (SSSR count). The molecule has 2 heterocycles. The number of fused-ring (bicyclic) bond motifs is 1. The van der Waals surface area contributed by atoms with Crippen molar-refractivity contribution in [1.29, 1.82) is 0 Å². The van der Waals surface area contributed by atoms with E-state index in [-0.39, 0.29) is 5.91 Å². The molecule has 0 saturated carbocycles. The molecule has 1 aliphatic heterocycles. The molecular weight excluding hydrogens is 280 g/mol. The van der Waals surface area contributed by atoms with Gasteiger partial charge in [-0.25, -0.2) is 0 Å². The summed E-state index contributed by atoms with van der Waals surface area (Å²) in [6.07, 6.45) is 8.29. The molecule has 116 valence electrons. The van der Waals surface area contributed by atoms with Gasteiger partial charge in [-0.1, -0.05) is 13.3 Å². The average Bonchev–Trinajstić information content (AvgIpc) is 3.18. The number of unbranched alkanes of at least 4 members (excludes halogenated alkanes) is 1. The third-order valence-corrected chi connectivity index (χ3v) is 5.85. The Labute approximate surface area is 131 Å². The molecule has 3 nitrogen and oxygen atoms in total. The fourth-order valence-electron chi connectivity index (χ4n) is 3.39. The van der Waals surface area contributed by atoms with Gasteiger partial charge in [-0.2, -0.15) is 0 Å². The Balaban J connectivity index is 1.69. The van der Waals surface area contributed by atoms with E-state index in [1.807, 2.05) is 0 Å². The van der Waals surface area contributed by atoms with Crippen LogP contribution in [0.15, 0.2) is 6.07 Å². The van der Waals surface area contributed by atoms with Crippen molar-refractivity contribution in [3.8, 4) is 0 Å². The van der Waals surface area contributed by atoms with Crippen LogP contribution >= 0.6 is 11.3 Å². The number of rotatable bonds is 6. The number of carbonyl (C=O) groups is 1. The maximum Gasteiger partial charge on any atom is 0.263 e. The van der Waals surface area contributed by atoms with Gasteiger partial charge in [-0.3, -0.25) is 4.79 Å². The van der Waals surface area contributed by atoms with E-state index < -0.39 is 0 Å². The van der Waals surface area contributed by atoms with Crippen LogP contribution in [0.5, 0.6) is 0 Å². The minimum absolute atomic E-state index is 0.261. The van der Waals surface area contributed by atoms with E-state index >= 15 is 0 Å². The van der Waals surface area contributed by atoms with Crippen LogP contribution in [-0.4, -0.2) is 36.5 Å². The lowest BCUT2D eigenvalue weighted by atomic mass is 10.2. The predicted molar refractivity (Wildman–Crippen MR) is 88.2 cm³/mol. The molecule has 2 aliphatic rings. The third-order valence-electron chi connectivity index (χ3n) is 4.63. The molecule has 1 aromatic heterocycles. The topological polar surface area (TPSA) is 32.3 Å². The molecule has 21 heavy (non-hydrogen) atoms. The van der Waals surface area contributed by atoms with Gasteiger partial charge in [0, 0.05) is 24.0 Å². The van der Waals surface area contributed by atoms with Crippen molar-refractivity contribution in [2.75, 3.05) is 19.6 Å². The number of thiophene rings is 1. The Morgan fingerprint density at radius 2 is 2.33 bits per heavy atom. The number of hydrogen-bond donors (Lipinski definition) is 1. The van der Waals surface area contributed by atoms with E-state index in [2.05, 4.69) is 23.2 Å². The van der Waals surface area contributed by atoms with Gasteiger partial charge in [0.25, 0.3) is 5.91 Å². The Bertz CT molecular complexity index is 469. The maximum atomic E-state index is 12.9. The van der Waals surface area contributed by atoms with Gasteiger partial charge < -0.3 is 10.2 Å². The van der Waals surface area contributed by atoms with E-state index in [0.29, 0.717) is 6.04 Å². The highest BCUT2D eigenvalue weighted by Crippen LogP contribution is 2.31. The fraction of sp³-hybridized carbons (Fsp3) is 0.706. The molecule has 0 radical (unpaired) electrons. The molecule has 0 spiro atoms. The molecule has 1 amide bonds. The quantitative estimate of drug-likeness (QED) is 0.875. The summed E-state index contributed by atoms with van der Waals surface area (Å²) in [5, 5.41) is 3.52. The van der Waals surface area contributed by atoms with E-state index in [4.69, 9.17) is 0 Å². The Morgan fingerprint density at radius 3 is 3.05 bits per heavy atom. The Morgan fingerprint density at radius 1 is 1.43 bits per heavy atom. The lowest BCUT2D eigenvalue weighted by Gasteiger charge is -2.25. The standard InChI is InChI=1S/C17H26N2OS/c1-2-3-10-19(12-14-7-5-9-18-14)17(20)16-11-13-6-4-8-15(13)21-16/h11,14,18H,2-10,12H2,1H3. The number of nitrogens with one attached hydrogen (secondary N) is 1. The average molecular weight is 306 g/mol. The van der Waals surface area contributed by atoms with Crippen molar-refractivity contribution in [1.82, 2.24) is 10.2 Å². The number of amides is 1. The van der Waals surface area contributed by atoms with Crippen LogP contribution in [0.3, 0.4) is 0 Å². The van der Waals surface area contributed by atoms with Crippen LogP contribution in [0.1, 0.15) is 59.1 Å². The van der Waals surface area contributed by atoms with Gasteiger partial charge in [0.05, 0.1) is 4.88 Å². The van der Waals surface area contributed by atoms with Gasteiger partial charge in [0.1, 0.15) is 0 Å². The summed E-state index contributed by atoms with van der Waals surface area (Å²) in [6.45, 7) is 5.07. The molecule has 1 atom stereocenters. The van der Waals surface area contributed by atoms with Crippen molar-refractivity contribution >= 4 is 17.2 Å². The third kappa shape index (κ3) is 3.49. The van der Waals surface area contributed by atoms with Crippen LogP contribution in [0, 0.1) is 0 Å². The predicted octanol–water partition coefficient (Wildman–Crippen LogP) is 3.23. The van der Waals surface area contributed by atoms with Crippen LogP contribution < -0.4 is 5.32 Å². The van der Waals surface area contributed by atoms with Crippen LogP contribution in [0.4, 0.5) is 0 Å². The molecule has 1 aliphatic carbocycles. The Kier molecular flexibility index (Phi) is 4.96. The number of aryl methyl sites for hydroxylation is 2. The SMILES string of the molecule is CCCCN(CC1CCCN1)C(=O)c1cc2c(s1)CCC2. The van der Waals surface area contributed by atoms with Gasteiger partial charge in [0.2, 0.25) is 0 Å². The lowest BCUT2D eigenvalue weighted by molar-refractivity contribution is 0.0744. The summed E-state index contributed by atoms with van der Waals surface area (Å²) < 4.78 is 0. The van der Waals surface area contributed by atoms with Gasteiger partial charge >= 0.3 is 0 Å². The van der Waals surface area contributed by atoms with Gasteiger partial charge in [-0.05, 0) is 56.7 Å². The van der Waals surface area contributed by atoms with Crippen LogP contribution in [-0.2, 0) is 12.8 Å². The van der Waals surface area contributed by atoms with Crippen LogP contribution in [0.2, 0.25) is 0 Å². The molecule has 1 saturated heterocycles. The first-order valence-electron chi connectivity index (χ1n) is 8.42. The second-order valence-electron chi connectivity index (χ2n) is 6.31. The number of carbonyl (C=O) groups excluding carboxylic acids is 1. The molecule has 0 aromatic carbocycles. The molecule has 1 fully saturated rings. The zero-order valence-corrected chi connectivity index (χ0v) is 13.8. The van der Waals surface area contributed by atoms with E-state index in [1.165, 1.54) is 36.1 Å². The second kappa shape index (κ2) is 6.93. The highest BCUT2D eigenvalue weighted by atomic mass is 32.1.